The molecule has 0 aliphatic carbocycles. The van der Waals surface area contributed by atoms with E-state index in [4.69, 9.17) is 18.9 Å². The number of para-hydroxylation sites is 2. The van der Waals surface area contributed by atoms with Crippen LogP contribution in [0.5, 0.6) is 11.5 Å². The summed E-state index contributed by atoms with van der Waals surface area (Å²) in [5, 5.41) is 0. The Balaban J connectivity index is 1.60. The largest absolute Gasteiger partial charge is 0.508 e. The van der Waals surface area contributed by atoms with Gasteiger partial charge in [0.25, 0.3) is 0 Å². The lowest BCUT2D eigenvalue weighted by Crippen LogP contribution is -2.37. The summed E-state index contributed by atoms with van der Waals surface area (Å²) in [6, 6.07) is 12.6. The maximum Gasteiger partial charge on any atom is 0.508 e. The third-order valence-electron chi connectivity index (χ3n) is 6.59. The molecule has 2 unspecified atom stereocenters. The van der Waals surface area contributed by atoms with Crippen LogP contribution in [0.2, 0.25) is 0 Å². The quantitative estimate of drug-likeness (QED) is 0.332. The highest BCUT2D eigenvalue weighted by atomic mass is 16.7. The van der Waals surface area contributed by atoms with Crippen LogP contribution in [0.1, 0.15) is 36.1 Å². The number of hydrogen-bond acceptors (Lipinski definition) is 7. The van der Waals surface area contributed by atoms with Gasteiger partial charge in [-0.2, -0.15) is 0 Å². The number of carbonyl (C=O) groups excluding carboxylic acids is 1. The van der Waals surface area contributed by atoms with Crippen molar-refractivity contribution < 1.29 is 23.7 Å². The topological polar surface area (TPSA) is 60.5 Å². The molecule has 0 aliphatic rings. The predicted molar refractivity (Wildman–Crippen MR) is 144 cm³/mol. The van der Waals surface area contributed by atoms with Crippen LogP contribution in [0.15, 0.2) is 36.4 Å². The van der Waals surface area contributed by atoms with Gasteiger partial charge in [0.15, 0.2) is 0 Å². The Hall–Kier alpha value is -2.77. The number of benzene rings is 2. The van der Waals surface area contributed by atoms with Crippen molar-refractivity contribution in [2.24, 2.45) is 0 Å². The Bertz CT molecular complexity index is 849. The monoisotopic (exact) mass is 500 g/mol. The molecule has 36 heavy (non-hydrogen) atoms. The normalized spacial score (nSPS) is 12.9. The Morgan fingerprint density at radius 1 is 0.694 bits per heavy atom. The van der Waals surface area contributed by atoms with Crippen LogP contribution in [-0.4, -0.2) is 81.7 Å². The fourth-order valence-corrected chi connectivity index (χ4v) is 3.74. The Kier molecular flexibility index (Phi) is 12.0. The van der Waals surface area contributed by atoms with Crippen molar-refractivity contribution in [2.45, 2.75) is 53.6 Å². The van der Waals surface area contributed by atoms with Crippen molar-refractivity contribution in [1.29, 1.82) is 0 Å². The minimum Gasteiger partial charge on any atom is -0.491 e. The average molecular weight is 501 g/mol. The molecule has 0 saturated heterocycles. The third-order valence-corrected chi connectivity index (χ3v) is 6.59. The second-order valence-electron chi connectivity index (χ2n) is 9.67. The van der Waals surface area contributed by atoms with Gasteiger partial charge in [-0.05, 0) is 77.9 Å². The molecule has 0 bridgehead atoms. The highest BCUT2D eigenvalue weighted by molar-refractivity contribution is 5.59. The van der Waals surface area contributed by atoms with E-state index in [2.05, 4.69) is 75.6 Å². The van der Waals surface area contributed by atoms with E-state index in [9.17, 15) is 4.79 Å². The summed E-state index contributed by atoms with van der Waals surface area (Å²) < 4.78 is 22.6. The van der Waals surface area contributed by atoms with Gasteiger partial charge in [-0.25, -0.2) is 4.79 Å². The summed E-state index contributed by atoms with van der Waals surface area (Å²) >= 11 is 0. The molecule has 0 fully saturated rings. The Morgan fingerprint density at radius 3 is 1.36 bits per heavy atom. The molecule has 0 heterocycles. The highest BCUT2D eigenvalue weighted by Gasteiger charge is 2.15. The first-order valence-corrected chi connectivity index (χ1v) is 12.7. The van der Waals surface area contributed by atoms with E-state index in [1.54, 1.807) is 0 Å². The van der Waals surface area contributed by atoms with E-state index in [0.29, 0.717) is 26.3 Å². The van der Waals surface area contributed by atoms with Crippen LogP contribution < -0.4 is 9.47 Å². The molecular weight excluding hydrogens is 456 g/mol. The zero-order valence-electron chi connectivity index (χ0n) is 23.3. The number of ether oxygens (including phenoxy) is 4. The van der Waals surface area contributed by atoms with Gasteiger partial charge in [-0.15, -0.1) is 0 Å². The Labute approximate surface area is 217 Å². The number of carbonyl (C=O) groups is 1. The van der Waals surface area contributed by atoms with Gasteiger partial charge < -0.3 is 18.9 Å². The fraction of sp³-hybridized carbons (Fsp3) is 0.552. The van der Waals surface area contributed by atoms with Gasteiger partial charge in [0.05, 0.1) is 0 Å². The van der Waals surface area contributed by atoms with Crippen LogP contribution in [0, 0.1) is 27.7 Å². The summed E-state index contributed by atoms with van der Waals surface area (Å²) in [5.74, 6) is 1.88. The summed E-state index contributed by atoms with van der Waals surface area (Å²) in [6.45, 7) is 15.2. The first kappa shape index (κ1) is 29.5. The summed E-state index contributed by atoms with van der Waals surface area (Å²) in [7, 11) is 3.98. The predicted octanol–water partition coefficient (Wildman–Crippen LogP) is 5.17. The molecule has 7 heteroatoms. The summed E-state index contributed by atoms with van der Waals surface area (Å²) in [4.78, 5) is 16.2. The second-order valence-corrected chi connectivity index (χ2v) is 9.67. The van der Waals surface area contributed by atoms with Gasteiger partial charge in [-0.1, -0.05) is 36.4 Å². The molecule has 2 aromatic rings. The molecule has 2 aromatic carbocycles. The molecule has 0 amide bonds. The highest BCUT2D eigenvalue weighted by Crippen LogP contribution is 2.23. The maximum absolute atomic E-state index is 12.0. The van der Waals surface area contributed by atoms with Crippen LogP contribution >= 0.6 is 0 Å². The van der Waals surface area contributed by atoms with Crippen LogP contribution in [0.3, 0.4) is 0 Å². The second kappa shape index (κ2) is 14.7. The molecule has 0 N–H and O–H groups in total. The first-order valence-electron chi connectivity index (χ1n) is 12.7. The van der Waals surface area contributed by atoms with Crippen molar-refractivity contribution in [3.63, 3.8) is 0 Å². The number of nitrogens with zero attached hydrogens (tertiary/aromatic N) is 2. The van der Waals surface area contributed by atoms with Gasteiger partial charge in [-0.3, -0.25) is 9.80 Å². The molecule has 7 nitrogen and oxygen atoms in total. The maximum atomic E-state index is 12.0. The van der Waals surface area contributed by atoms with E-state index < -0.39 is 6.16 Å². The number of rotatable bonds is 14. The molecular formula is C29H44N2O5. The van der Waals surface area contributed by atoms with Gasteiger partial charge in [0.1, 0.15) is 37.9 Å². The van der Waals surface area contributed by atoms with Gasteiger partial charge in [0.2, 0.25) is 0 Å². The standard InChI is InChI=1S/C29H44N2O5/c1-21-11-9-12-22(2)27(21)35-19-25(5)30(7)15-17-33-29(32)34-18-16-31(8)26(6)20-36-28-23(3)13-10-14-24(28)4/h9-14,25-26H,15-20H2,1-8H3. The smallest absolute Gasteiger partial charge is 0.491 e. The lowest BCUT2D eigenvalue weighted by Gasteiger charge is -2.26. The molecule has 2 atom stereocenters. The minimum absolute atomic E-state index is 0.171. The average Bonchev–Trinajstić information content (AvgIpc) is 2.82. The number of hydrogen-bond donors (Lipinski definition) is 0. The molecule has 0 aliphatic heterocycles. The van der Waals surface area contributed by atoms with E-state index in [0.717, 1.165) is 33.8 Å². The SMILES string of the molecule is Cc1cccc(C)c1OCC(C)N(C)CCOC(=O)OCCN(C)C(C)COc1c(C)cccc1C. The van der Waals surface area contributed by atoms with Crippen molar-refractivity contribution in [1.82, 2.24) is 9.80 Å². The molecule has 200 valence electrons. The van der Waals surface area contributed by atoms with Gasteiger partial charge in [0, 0.05) is 25.2 Å². The fourth-order valence-electron chi connectivity index (χ4n) is 3.74. The van der Waals surface area contributed by atoms with Crippen molar-refractivity contribution in [2.75, 3.05) is 53.6 Å². The first-order chi connectivity index (χ1) is 17.1. The number of aryl methyl sites for hydroxylation is 4. The minimum atomic E-state index is -0.643. The molecule has 2 rings (SSSR count). The number of likely N-dealkylation sites (N-methyl/N-ethyl adjacent to an activating group) is 2. The summed E-state index contributed by atoms with van der Waals surface area (Å²) in [6.07, 6.45) is -0.643. The summed E-state index contributed by atoms with van der Waals surface area (Å²) in [5.41, 5.74) is 4.52. The molecule has 0 radical (unpaired) electrons. The van der Waals surface area contributed by atoms with Crippen molar-refractivity contribution in [3.05, 3.63) is 58.7 Å². The Morgan fingerprint density at radius 2 is 1.03 bits per heavy atom. The molecule has 0 spiro atoms. The van der Waals surface area contributed by atoms with E-state index in [1.165, 1.54) is 0 Å². The van der Waals surface area contributed by atoms with Crippen molar-refractivity contribution >= 4 is 6.16 Å². The zero-order chi connectivity index (χ0) is 26.7. The van der Waals surface area contributed by atoms with E-state index in [1.807, 2.05) is 26.2 Å². The lowest BCUT2D eigenvalue weighted by molar-refractivity contribution is 0.0370. The lowest BCUT2D eigenvalue weighted by atomic mass is 10.1. The van der Waals surface area contributed by atoms with Gasteiger partial charge >= 0.3 is 6.16 Å². The van der Waals surface area contributed by atoms with E-state index >= 15 is 0 Å². The van der Waals surface area contributed by atoms with Crippen LogP contribution in [0.4, 0.5) is 4.79 Å². The third kappa shape index (κ3) is 9.36. The molecule has 0 saturated carbocycles. The van der Waals surface area contributed by atoms with Crippen molar-refractivity contribution in [3.8, 4) is 11.5 Å². The van der Waals surface area contributed by atoms with Crippen LogP contribution in [0.25, 0.3) is 0 Å². The van der Waals surface area contributed by atoms with E-state index in [-0.39, 0.29) is 25.3 Å². The molecule has 0 aromatic heterocycles. The zero-order valence-corrected chi connectivity index (χ0v) is 23.3. The van der Waals surface area contributed by atoms with Crippen LogP contribution in [-0.2, 0) is 9.47 Å².